The lowest BCUT2D eigenvalue weighted by molar-refractivity contribution is 0.137. The molecule has 0 radical (unpaired) electrons. The van der Waals surface area contributed by atoms with Crippen molar-refractivity contribution in [2.24, 2.45) is 0 Å². The number of nitrogens with one attached hydrogen (secondary N) is 1. The van der Waals surface area contributed by atoms with E-state index in [1.165, 1.54) is 12.1 Å². The second-order valence-electron chi connectivity index (χ2n) is 4.17. The maximum atomic E-state index is 13.3. The van der Waals surface area contributed by atoms with Gasteiger partial charge in [0.1, 0.15) is 6.10 Å². The summed E-state index contributed by atoms with van der Waals surface area (Å²) >= 11 is 0. The lowest BCUT2D eigenvalue weighted by Crippen LogP contribution is -2.40. The molecule has 1 aliphatic heterocycles. The Kier molecular flexibility index (Phi) is 3.39. The molecule has 1 N–H and O–H groups in total. The summed E-state index contributed by atoms with van der Waals surface area (Å²) in [6.45, 7) is 2.90. The second-order valence-corrected chi connectivity index (χ2v) is 4.17. The molecule has 1 heterocycles. The van der Waals surface area contributed by atoms with Gasteiger partial charge in [-0.25, -0.2) is 4.39 Å². The molecule has 0 bridgehead atoms. The quantitative estimate of drug-likeness (QED) is 0.838. The molecule has 2 atom stereocenters. The summed E-state index contributed by atoms with van der Waals surface area (Å²) in [5, 5.41) is 3.28. The first-order chi connectivity index (χ1) is 7.66. The van der Waals surface area contributed by atoms with Crippen molar-refractivity contribution in [3.05, 3.63) is 29.8 Å². The summed E-state index contributed by atoms with van der Waals surface area (Å²) < 4.78 is 31.8. The van der Waals surface area contributed by atoms with Crippen LogP contribution in [0.1, 0.15) is 19.8 Å². The van der Waals surface area contributed by atoms with Crippen molar-refractivity contribution >= 4 is 0 Å². The highest BCUT2D eigenvalue weighted by Gasteiger charge is 2.21. The Bertz CT molecular complexity index is 370. The van der Waals surface area contributed by atoms with E-state index in [4.69, 9.17) is 4.74 Å². The standard InChI is InChI=1S/C12H15F2NO/c1-8-7-9(5-6-15-8)16-11-4-2-3-10(13)12(11)14/h2-4,8-9,15H,5-7H2,1H3. The summed E-state index contributed by atoms with van der Waals surface area (Å²) in [5.74, 6) is -1.74. The monoisotopic (exact) mass is 227 g/mol. The number of hydrogen-bond acceptors (Lipinski definition) is 2. The molecule has 0 saturated carbocycles. The van der Waals surface area contributed by atoms with Crippen LogP contribution in [0.3, 0.4) is 0 Å². The van der Waals surface area contributed by atoms with E-state index >= 15 is 0 Å². The molecule has 0 spiro atoms. The largest absolute Gasteiger partial charge is 0.487 e. The number of hydrogen-bond donors (Lipinski definition) is 1. The zero-order chi connectivity index (χ0) is 11.5. The molecule has 88 valence electrons. The van der Waals surface area contributed by atoms with Gasteiger partial charge in [0.15, 0.2) is 11.6 Å². The van der Waals surface area contributed by atoms with Gasteiger partial charge >= 0.3 is 0 Å². The molecular formula is C12H15F2NO. The fraction of sp³-hybridized carbons (Fsp3) is 0.500. The van der Waals surface area contributed by atoms with E-state index in [9.17, 15) is 8.78 Å². The first-order valence-electron chi connectivity index (χ1n) is 5.51. The molecule has 2 rings (SSSR count). The predicted molar refractivity (Wildman–Crippen MR) is 57.5 cm³/mol. The van der Waals surface area contributed by atoms with Crippen molar-refractivity contribution in [1.29, 1.82) is 0 Å². The van der Waals surface area contributed by atoms with Crippen molar-refractivity contribution in [2.45, 2.75) is 31.9 Å². The van der Waals surface area contributed by atoms with Gasteiger partial charge in [0.2, 0.25) is 5.82 Å². The van der Waals surface area contributed by atoms with Crippen LogP contribution in [0.5, 0.6) is 5.75 Å². The molecular weight excluding hydrogens is 212 g/mol. The third kappa shape index (κ3) is 2.50. The Balaban J connectivity index is 2.05. The van der Waals surface area contributed by atoms with Gasteiger partial charge in [0.25, 0.3) is 0 Å². The van der Waals surface area contributed by atoms with Gasteiger partial charge in [-0.1, -0.05) is 6.07 Å². The van der Waals surface area contributed by atoms with Gasteiger partial charge in [0, 0.05) is 6.04 Å². The number of benzene rings is 1. The molecule has 4 heteroatoms. The van der Waals surface area contributed by atoms with E-state index in [2.05, 4.69) is 12.2 Å². The van der Waals surface area contributed by atoms with Crippen LogP contribution in [0.4, 0.5) is 8.78 Å². The molecule has 1 aromatic rings. The predicted octanol–water partition coefficient (Wildman–Crippen LogP) is 2.48. The molecule has 16 heavy (non-hydrogen) atoms. The summed E-state index contributed by atoms with van der Waals surface area (Å²) in [5.41, 5.74) is 0. The van der Waals surface area contributed by atoms with Crippen molar-refractivity contribution in [2.75, 3.05) is 6.54 Å². The van der Waals surface area contributed by atoms with Gasteiger partial charge in [-0.05, 0) is 38.4 Å². The Morgan fingerprint density at radius 2 is 2.19 bits per heavy atom. The highest BCUT2D eigenvalue weighted by molar-refractivity contribution is 5.25. The van der Waals surface area contributed by atoms with Crippen LogP contribution in [0.2, 0.25) is 0 Å². The average molecular weight is 227 g/mol. The van der Waals surface area contributed by atoms with Crippen molar-refractivity contribution in [3.8, 4) is 5.75 Å². The third-order valence-electron chi connectivity index (χ3n) is 2.79. The van der Waals surface area contributed by atoms with E-state index < -0.39 is 11.6 Å². The highest BCUT2D eigenvalue weighted by atomic mass is 19.2. The first-order valence-corrected chi connectivity index (χ1v) is 5.51. The number of ether oxygens (including phenoxy) is 1. The molecule has 1 fully saturated rings. The summed E-state index contributed by atoms with van der Waals surface area (Å²) in [7, 11) is 0. The Morgan fingerprint density at radius 1 is 1.38 bits per heavy atom. The fourth-order valence-corrected chi connectivity index (χ4v) is 1.95. The topological polar surface area (TPSA) is 21.3 Å². The van der Waals surface area contributed by atoms with Gasteiger partial charge in [-0.3, -0.25) is 0 Å². The van der Waals surface area contributed by atoms with E-state index in [0.717, 1.165) is 25.5 Å². The first kappa shape index (κ1) is 11.3. The van der Waals surface area contributed by atoms with E-state index in [1.54, 1.807) is 0 Å². The minimum atomic E-state index is -0.895. The lowest BCUT2D eigenvalue weighted by Gasteiger charge is -2.28. The highest BCUT2D eigenvalue weighted by Crippen LogP contribution is 2.23. The Labute approximate surface area is 93.6 Å². The van der Waals surface area contributed by atoms with E-state index in [0.29, 0.717) is 6.04 Å². The lowest BCUT2D eigenvalue weighted by atomic mass is 10.0. The summed E-state index contributed by atoms with van der Waals surface area (Å²) in [6.07, 6.45) is 1.60. The molecule has 0 amide bonds. The van der Waals surface area contributed by atoms with Crippen LogP contribution in [0.25, 0.3) is 0 Å². The van der Waals surface area contributed by atoms with Gasteiger partial charge < -0.3 is 10.1 Å². The minimum absolute atomic E-state index is 0.0131. The van der Waals surface area contributed by atoms with Crippen molar-refractivity contribution in [1.82, 2.24) is 5.32 Å². The van der Waals surface area contributed by atoms with Crippen molar-refractivity contribution < 1.29 is 13.5 Å². The average Bonchev–Trinajstić information content (AvgIpc) is 2.25. The maximum Gasteiger partial charge on any atom is 0.200 e. The molecule has 2 unspecified atom stereocenters. The summed E-state index contributed by atoms with van der Waals surface area (Å²) in [6, 6.07) is 4.37. The zero-order valence-electron chi connectivity index (χ0n) is 9.17. The van der Waals surface area contributed by atoms with Crippen LogP contribution >= 0.6 is 0 Å². The number of piperidine rings is 1. The third-order valence-corrected chi connectivity index (χ3v) is 2.79. The summed E-state index contributed by atoms with van der Waals surface area (Å²) in [4.78, 5) is 0. The van der Waals surface area contributed by atoms with Crippen LogP contribution in [0.15, 0.2) is 18.2 Å². The zero-order valence-corrected chi connectivity index (χ0v) is 9.17. The molecule has 0 aromatic heterocycles. The molecule has 1 saturated heterocycles. The van der Waals surface area contributed by atoms with E-state index in [-0.39, 0.29) is 11.9 Å². The van der Waals surface area contributed by atoms with Crippen LogP contribution in [0, 0.1) is 11.6 Å². The fourth-order valence-electron chi connectivity index (χ4n) is 1.95. The molecule has 0 aliphatic carbocycles. The van der Waals surface area contributed by atoms with Crippen LogP contribution in [-0.2, 0) is 0 Å². The van der Waals surface area contributed by atoms with Crippen molar-refractivity contribution in [3.63, 3.8) is 0 Å². The SMILES string of the molecule is CC1CC(Oc2cccc(F)c2F)CCN1. The maximum absolute atomic E-state index is 13.3. The smallest absolute Gasteiger partial charge is 0.200 e. The molecule has 1 aromatic carbocycles. The Morgan fingerprint density at radius 3 is 2.94 bits per heavy atom. The van der Waals surface area contributed by atoms with Crippen LogP contribution < -0.4 is 10.1 Å². The van der Waals surface area contributed by atoms with Gasteiger partial charge in [-0.2, -0.15) is 4.39 Å². The van der Waals surface area contributed by atoms with Gasteiger partial charge in [0.05, 0.1) is 0 Å². The Hall–Kier alpha value is -1.16. The molecule has 1 aliphatic rings. The minimum Gasteiger partial charge on any atom is -0.487 e. The van der Waals surface area contributed by atoms with Crippen LogP contribution in [-0.4, -0.2) is 18.7 Å². The normalized spacial score (nSPS) is 25.4. The number of halogens is 2. The molecule has 2 nitrogen and oxygen atoms in total. The second kappa shape index (κ2) is 4.78. The van der Waals surface area contributed by atoms with E-state index in [1.807, 2.05) is 0 Å². The number of rotatable bonds is 2. The van der Waals surface area contributed by atoms with Gasteiger partial charge in [-0.15, -0.1) is 0 Å².